The van der Waals surface area contributed by atoms with Crippen molar-refractivity contribution < 1.29 is 9.59 Å². The van der Waals surface area contributed by atoms with E-state index in [1.165, 1.54) is 5.56 Å². The topological polar surface area (TPSA) is 47.1 Å². The molecule has 7 heteroatoms. The average molecular weight is 501 g/mol. The number of carbonyl (C=O) groups excluding carboxylic acids is 2. The van der Waals surface area contributed by atoms with Crippen LogP contribution in [0.25, 0.3) is 0 Å². The molecule has 2 saturated heterocycles. The first kappa shape index (κ1) is 23.1. The van der Waals surface area contributed by atoms with E-state index in [0.29, 0.717) is 25.7 Å². The van der Waals surface area contributed by atoms with E-state index in [2.05, 4.69) is 26.6 Å². The molecule has 0 unspecified atom stereocenters. The number of rotatable bonds is 5. The largest absolute Gasteiger partial charge is 0.329 e. The summed E-state index contributed by atoms with van der Waals surface area (Å²) in [5.74, 6) is 0. The van der Waals surface area contributed by atoms with Crippen molar-refractivity contribution >= 4 is 34.8 Å². The van der Waals surface area contributed by atoms with E-state index in [0.717, 1.165) is 43.5 Å². The van der Waals surface area contributed by atoms with Gasteiger partial charge in [-0.15, -0.1) is 0 Å². The summed E-state index contributed by atoms with van der Waals surface area (Å²) in [6, 6.07) is 22.4. The molecule has 2 aromatic carbocycles. The summed E-state index contributed by atoms with van der Waals surface area (Å²) >= 11 is 1.68. The van der Waals surface area contributed by atoms with Gasteiger partial charge >= 0.3 is 12.1 Å². The standard InChI is InChI=1S/C29H32N4O2S/c34-28(32(24-8-3-1-4-9-24)25-10-5-2-6-11-25)30-19-26-12-7-13-27(20-30)33(26)29(35)31(23-14-15-23)18-22-16-17-36-21-22/h1-6,8-11,16-17,21,23,26-27H,7,12-15,18-20H2/t26-,27+. The van der Waals surface area contributed by atoms with Gasteiger partial charge < -0.3 is 14.7 Å². The molecule has 3 aromatic rings. The minimum atomic E-state index is -0.0197. The molecule has 3 aliphatic rings. The highest BCUT2D eigenvalue weighted by Gasteiger charge is 2.46. The van der Waals surface area contributed by atoms with Gasteiger partial charge in [-0.2, -0.15) is 11.3 Å². The van der Waals surface area contributed by atoms with Gasteiger partial charge in [-0.1, -0.05) is 36.4 Å². The lowest BCUT2D eigenvalue weighted by Gasteiger charge is -2.51. The van der Waals surface area contributed by atoms with E-state index in [1.807, 2.05) is 65.6 Å². The Morgan fingerprint density at radius 2 is 1.42 bits per heavy atom. The van der Waals surface area contributed by atoms with Crippen LogP contribution >= 0.6 is 11.3 Å². The number of benzene rings is 2. The Morgan fingerprint density at radius 1 is 0.806 bits per heavy atom. The number of anilines is 2. The number of piperazine rings is 1. The first-order valence-corrected chi connectivity index (χ1v) is 13.9. The number of amides is 4. The first-order valence-electron chi connectivity index (χ1n) is 13.0. The lowest BCUT2D eigenvalue weighted by molar-refractivity contribution is 0.0199. The van der Waals surface area contributed by atoms with E-state index in [4.69, 9.17) is 0 Å². The molecule has 36 heavy (non-hydrogen) atoms. The smallest absolute Gasteiger partial charge is 0.320 e. The van der Waals surface area contributed by atoms with Gasteiger partial charge in [0.2, 0.25) is 0 Å². The highest BCUT2D eigenvalue weighted by molar-refractivity contribution is 7.07. The van der Waals surface area contributed by atoms with Gasteiger partial charge in [0.25, 0.3) is 0 Å². The van der Waals surface area contributed by atoms with Crippen molar-refractivity contribution in [1.29, 1.82) is 0 Å². The highest BCUT2D eigenvalue weighted by atomic mass is 32.1. The van der Waals surface area contributed by atoms with Crippen LogP contribution in [-0.2, 0) is 6.54 Å². The number of para-hydroxylation sites is 2. The number of hydrogen-bond donors (Lipinski definition) is 0. The zero-order valence-corrected chi connectivity index (χ0v) is 21.2. The van der Waals surface area contributed by atoms with Crippen LogP contribution in [0, 0.1) is 0 Å². The van der Waals surface area contributed by atoms with Crippen molar-refractivity contribution in [2.75, 3.05) is 18.0 Å². The molecule has 2 bridgehead atoms. The zero-order valence-electron chi connectivity index (χ0n) is 20.4. The second-order valence-corrected chi connectivity index (χ2v) is 10.9. The van der Waals surface area contributed by atoms with E-state index < -0.39 is 0 Å². The molecule has 0 spiro atoms. The third-order valence-electron chi connectivity index (χ3n) is 7.60. The molecule has 2 atom stereocenters. The summed E-state index contributed by atoms with van der Waals surface area (Å²) in [7, 11) is 0. The number of piperidine rings is 1. The van der Waals surface area contributed by atoms with Crippen molar-refractivity contribution in [2.45, 2.75) is 56.8 Å². The lowest BCUT2D eigenvalue weighted by Crippen LogP contribution is -2.66. The molecule has 2 aliphatic heterocycles. The van der Waals surface area contributed by atoms with Gasteiger partial charge in [0.05, 0.1) is 23.5 Å². The number of likely N-dealkylation sites (tertiary alicyclic amines) is 1. The normalized spacial score (nSPS) is 21.2. The maximum absolute atomic E-state index is 14.0. The SMILES string of the molecule is O=C(N1C[C@H]2CCC[C@@H](C1)N2C(=O)N(Cc1ccsc1)C1CC1)N(c1ccccc1)c1ccccc1. The Kier molecular flexibility index (Phi) is 6.40. The van der Waals surface area contributed by atoms with Crippen molar-refractivity contribution in [3.63, 3.8) is 0 Å². The van der Waals surface area contributed by atoms with Crippen LogP contribution < -0.4 is 4.90 Å². The van der Waals surface area contributed by atoms with Gasteiger partial charge in [-0.3, -0.25) is 4.90 Å². The molecule has 1 aromatic heterocycles. The average Bonchev–Trinajstić information content (AvgIpc) is 3.62. The molecule has 6 nitrogen and oxygen atoms in total. The third-order valence-corrected chi connectivity index (χ3v) is 8.33. The molecule has 3 heterocycles. The Hall–Kier alpha value is -3.32. The molecule has 3 fully saturated rings. The van der Waals surface area contributed by atoms with Gasteiger partial charge in [0, 0.05) is 25.7 Å². The summed E-state index contributed by atoms with van der Waals surface area (Å²) < 4.78 is 0. The highest BCUT2D eigenvalue weighted by Crippen LogP contribution is 2.36. The maximum Gasteiger partial charge on any atom is 0.329 e. The summed E-state index contributed by atoms with van der Waals surface area (Å²) in [5.41, 5.74) is 2.92. The molecule has 0 radical (unpaired) electrons. The van der Waals surface area contributed by atoms with Crippen molar-refractivity contribution in [3.8, 4) is 0 Å². The Balaban J connectivity index is 1.24. The zero-order chi connectivity index (χ0) is 24.5. The number of carbonyl (C=O) groups is 2. The number of hydrogen-bond acceptors (Lipinski definition) is 3. The van der Waals surface area contributed by atoms with Crippen molar-refractivity contribution in [3.05, 3.63) is 83.1 Å². The fraction of sp³-hybridized carbons (Fsp3) is 0.379. The van der Waals surface area contributed by atoms with Crippen LogP contribution in [0.15, 0.2) is 77.5 Å². The maximum atomic E-state index is 14.0. The van der Waals surface area contributed by atoms with Gasteiger partial charge in [-0.25, -0.2) is 9.59 Å². The molecule has 0 N–H and O–H groups in total. The van der Waals surface area contributed by atoms with E-state index >= 15 is 0 Å². The lowest BCUT2D eigenvalue weighted by atomic mass is 9.91. The fourth-order valence-corrected chi connectivity index (χ4v) is 6.37. The number of nitrogens with zero attached hydrogens (tertiary/aromatic N) is 4. The summed E-state index contributed by atoms with van der Waals surface area (Å²) in [5, 5.41) is 4.22. The number of urea groups is 2. The van der Waals surface area contributed by atoms with E-state index in [9.17, 15) is 9.59 Å². The van der Waals surface area contributed by atoms with Gasteiger partial charge in [0.15, 0.2) is 0 Å². The molecule has 186 valence electrons. The molecule has 4 amide bonds. The summed E-state index contributed by atoms with van der Waals surface area (Å²) in [6.45, 7) is 1.84. The van der Waals surface area contributed by atoms with E-state index in [1.54, 1.807) is 16.2 Å². The number of thiophene rings is 1. The summed E-state index contributed by atoms with van der Waals surface area (Å²) in [6.07, 6.45) is 5.18. The molecular weight excluding hydrogens is 468 g/mol. The molecule has 1 aliphatic carbocycles. The first-order chi connectivity index (χ1) is 17.7. The predicted octanol–water partition coefficient (Wildman–Crippen LogP) is 6.33. The van der Waals surface area contributed by atoms with Crippen molar-refractivity contribution in [2.24, 2.45) is 0 Å². The fourth-order valence-electron chi connectivity index (χ4n) is 5.71. The molecule has 1 saturated carbocycles. The van der Waals surface area contributed by atoms with Crippen LogP contribution in [0.4, 0.5) is 21.0 Å². The quantitative estimate of drug-likeness (QED) is 0.411. The predicted molar refractivity (Wildman–Crippen MR) is 144 cm³/mol. The van der Waals surface area contributed by atoms with E-state index in [-0.39, 0.29) is 24.1 Å². The van der Waals surface area contributed by atoms with Gasteiger partial charge in [-0.05, 0) is 78.8 Å². The second-order valence-electron chi connectivity index (χ2n) is 10.1. The summed E-state index contributed by atoms with van der Waals surface area (Å²) in [4.78, 5) is 35.9. The molecule has 6 rings (SSSR count). The van der Waals surface area contributed by atoms with Crippen LogP contribution in [0.1, 0.15) is 37.7 Å². The number of fused-ring (bicyclic) bond motifs is 2. The van der Waals surface area contributed by atoms with Crippen LogP contribution in [-0.4, -0.2) is 58.0 Å². The second kappa shape index (κ2) is 9.97. The Labute approximate surface area is 216 Å². The van der Waals surface area contributed by atoms with Crippen LogP contribution in [0.3, 0.4) is 0 Å². The minimum Gasteiger partial charge on any atom is -0.320 e. The monoisotopic (exact) mass is 500 g/mol. The minimum absolute atomic E-state index is 0.0197. The van der Waals surface area contributed by atoms with Crippen LogP contribution in [0.5, 0.6) is 0 Å². The Bertz CT molecular complexity index is 1130. The Morgan fingerprint density at radius 3 is 1.94 bits per heavy atom. The van der Waals surface area contributed by atoms with Crippen molar-refractivity contribution in [1.82, 2.24) is 14.7 Å². The molecular formula is C29H32N4O2S. The van der Waals surface area contributed by atoms with Gasteiger partial charge in [0.1, 0.15) is 0 Å². The van der Waals surface area contributed by atoms with Crippen LogP contribution in [0.2, 0.25) is 0 Å². The third kappa shape index (κ3) is 4.60.